The van der Waals surface area contributed by atoms with Gasteiger partial charge in [-0.25, -0.2) is 8.42 Å². The molecule has 0 fully saturated rings. The molecule has 3 nitrogen and oxygen atoms in total. The van der Waals surface area contributed by atoms with Gasteiger partial charge in [0.2, 0.25) is 0 Å². The first-order valence-corrected chi connectivity index (χ1v) is 7.10. The van der Waals surface area contributed by atoms with Crippen molar-refractivity contribution < 1.29 is 8.42 Å². The minimum absolute atomic E-state index is 0.0249. The maximum absolute atomic E-state index is 11.2. The summed E-state index contributed by atoms with van der Waals surface area (Å²) in [6.45, 7) is 0. The summed E-state index contributed by atoms with van der Waals surface area (Å²) in [5, 5.41) is 1.46. The Labute approximate surface area is 99.0 Å². The third-order valence-electron chi connectivity index (χ3n) is 2.18. The molecule has 2 rings (SSSR count). The maximum Gasteiger partial charge on any atom is 0.151 e. The largest absolute Gasteiger partial charge is 0.256 e. The highest BCUT2D eigenvalue weighted by Crippen LogP contribution is 2.22. The average molecular weight is 256 g/mol. The molecule has 0 N–H and O–H groups in total. The lowest BCUT2D eigenvalue weighted by Crippen LogP contribution is -2.00. The van der Waals surface area contributed by atoms with E-state index in [1.807, 2.05) is 0 Å². The smallest absolute Gasteiger partial charge is 0.151 e. The Kier molecular flexibility index (Phi) is 2.86. The van der Waals surface area contributed by atoms with Gasteiger partial charge in [-0.1, -0.05) is 23.7 Å². The first-order chi connectivity index (χ1) is 7.46. The van der Waals surface area contributed by atoms with Crippen LogP contribution in [0.1, 0.15) is 5.56 Å². The molecule has 84 valence electrons. The van der Waals surface area contributed by atoms with Gasteiger partial charge in [-0.3, -0.25) is 4.98 Å². The fourth-order valence-corrected chi connectivity index (χ4v) is 2.55. The predicted molar refractivity (Wildman–Crippen MR) is 65.3 cm³/mol. The van der Waals surface area contributed by atoms with Crippen LogP contribution in [0, 0.1) is 0 Å². The fourth-order valence-electron chi connectivity index (χ4n) is 1.55. The van der Waals surface area contributed by atoms with Crippen LogP contribution in [0.3, 0.4) is 0 Å². The molecule has 1 heterocycles. The van der Waals surface area contributed by atoms with Crippen molar-refractivity contribution in [3.63, 3.8) is 0 Å². The monoisotopic (exact) mass is 255 g/mol. The molecule has 1 aromatic carbocycles. The third kappa shape index (κ3) is 2.51. The number of sulfone groups is 1. The minimum Gasteiger partial charge on any atom is -0.256 e. The lowest BCUT2D eigenvalue weighted by Gasteiger charge is -2.03. The number of fused-ring (bicyclic) bond motifs is 1. The van der Waals surface area contributed by atoms with Gasteiger partial charge >= 0.3 is 0 Å². The molecule has 0 bridgehead atoms. The summed E-state index contributed by atoms with van der Waals surface area (Å²) in [5.74, 6) is 0.0249. The topological polar surface area (TPSA) is 47.0 Å². The Bertz CT molecular complexity index is 637. The van der Waals surface area contributed by atoms with Gasteiger partial charge in [-0.05, 0) is 17.7 Å². The van der Waals surface area contributed by atoms with E-state index in [0.717, 1.165) is 10.9 Å². The van der Waals surface area contributed by atoms with Gasteiger partial charge in [0.15, 0.2) is 9.84 Å². The van der Waals surface area contributed by atoms with Crippen molar-refractivity contribution in [2.45, 2.75) is 5.75 Å². The van der Waals surface area contributed by atoms with E-state index in [4.69, 9.17) is 11.6 Å². The summed E-state index contributed by atoms with van der Waals surface area (Å²) >= 11 is 5.98. The Morgan fingerprint density at radius 3 is 2.75 bits per heavy atom. The van der Waals surface area contributed by atoms with Gasteiger partial charge in [0, 0.05) is 17.8 Å². The number of benzene rings is 1. The van der Waals surface area contributed by atoms with E-state index in [9.17, 15) is 8.42 Å². The normalized spacial score (nSPS) is 11.9. The Balaban J connectivity index is 2.53. The number of halogens is 1. The first-order valence-electron chi connectivity index (χ1n) is 4.66. The van der Waals surface area contributed by atoms with E-state index in [2.05, 4.69) is 4.98 Å². The Morgan fingerprint density at radius 1 is 1.31 bits per heavy atom. The highest BCUT2D eigenvalue weighted by Gasteiger charge is 2.06. The molecule has 0 amide bonds. The van der Waals surface area contributed by atoms with Crippen LogP contribution >= 0.6 is 11.6 Å². The van der Waals surface area contributed by atoms with Crippen LogP contribution in [-0.2, 0) is 15.6 Å². The maximum atomic E-state index is 11.2. The summed E-state index contributed by atoms with van der Waals surface area (Å²) in [4.78, 5) is 4.15. The molecule has 0 radical (unpaired) electrons. The Hall–Kier alpha value is -1.13. The van der Waals surface area contributed by atoms with Crippen molar-refractivity contribution in [2.75, 3.05) is 6.26 Å². The standard InChI is InChI=1S/C11H10ClNO2S/c1-16(14,15)7-8-2-3-9-10(12)4-5-13-11(9)6-8/h2-6H,7H2,1H3. The number of hydrogen-bond acceptors (Lipinski definition) is 3. The van der Waals surface area contributed by atoms with Crippen LogP contribution < -0.4 is 0 Å². The molecular formula is C11H10ClNO2S. The molecule has 0 aliphatic heterocycles. The molecule has 0 saturated heterocycles. The second-order valence-electron chi connectivity index (χ2n) is 3.71. The molecule has 0 saturated carbocycles. The average Bonchev–Trinajstić information content (AvgIpc) is 2.15. The molecule has 0 spiro atoms. The number of hydrogen-bond donors (Lipinski definition) is 0. The van der Waals surface area contributed by atoms with Crippen molar-refractivity contribution in [3.8, 4) is 0 Å². The Morgan fingerprint density at radius 2 is 2.06 bits per heavy atom. The fraction of sp³-hybridized carbons (Fsp3) is 0.182. The summed E-state index contributed by atoms with van der Waals surface area (Å²) in [7, 11) is -3.02. The van der Waals surface area contributed by atoms with E-state index in [-0.39, 0.29) is 5.75 Å². The third-order valence-corrected chi connectivity index (χ3v) is 3.37. The van der Waals surface area contributed by atoms with Crippen molar-refractivity contribution >= 4 is 32.3 Å². The van der Waals surface area contributed by atoms with Gasteiger partial charge < -0.3 is 0 Å². The van der Waals surface area contributed by atoms with E-state index in [1.54, 1.807) is 30.5 Å². The molecule has 0 unspecified atom stereocenters. The van der Waals surface area contributed by atoms with Crippen molar-refractivity contribution in [1.82, 2.24) is 4.98 Å². The number of rotatable bonds is 2. The zero-order valence-electron chi connectivity index (χ0n) is 8.64. The highest BCUT2D eigenvalue weighted by atomic mass is 35.5. The lowest BCUT2D eigenvalue weighted by atomic mass is 10.1. The minimum atomic E-state index is -3.02. The van der Waals surface area contributed by atoms with Crippen molar-refractivity contribution in [3.05, 3.63) is 41.0 Å². The molecule has 0 aliphatic carbocycles. The van der Waals surface area contributed by atoms with Crippen LogP contribution in [0.15, 0.2) is 30.5 Å². The number of pyridine rings is 1. The second-order valence-corrected chi connectivity index (χ2v) is 6.26. The highest BCUT2D eigenvalue weighted by molar-refractivity contribution is 7.89. The number of aromatic nitrogens is 1. The molecule has 16 heavy (non-hydrogen) atoms. The SMILES string of the molecule is CS(=O)(=O)Cc1ccc2c(Cl)ccnc2c1. The van der Waals surface area contributed by atoms with Gasteiger partial charge in [-0.2, -0.15) is 0 Å². The van der Waals surface area contributed by atoms with Crippen LogP contribution in [0.4, 0.5) is 0 Å². The zero-order chi connectivity index (χ0) is 11.8. The van der Waals surface area contributed by atoms with E-state index < -0.39 is 9.84 Å². The second kappa shape index (κ2) is 4.03. The molecule has 1 aromatic heterocycles. The zero-order valence-corrected chi connectivity index (χ0v) is 10.2. The van der Waals surface area contributed by atoms with Crippen LogP contribution in [0.25, 0.3) is 10.9 Å². The quantitative estimate of drug-likeness (QED) is 0.828. The van der Waals surface area contributed by atoms with Gasteiger partial charge in [0.05, 0.1) is 16.3 Å². The van der Waals surface area contributed by atoms with Gasteiger partial charge in [0.1, 0.15) is 0 Å². The van der Waals surface area contributed by atoms with Crippen LogP contribution in [-0.4, -0.2) is 19.7 Å². The van der Waals surface area contributed by atoms with Crippen molar-refractivity contribution in [2.24, 2.45) is 0 Å². The predicted octanol–water partition coefficient (Wildman–Crippen LogP) is 2.43. The van der Waals surface area contributed by atoms with E-state index in [0.29, 0.717) is 10.5 Å². The van der Waals surface area contributed by atoms with Crippen LogP contribution in [0.5, 0.6) is 0 Å². The van der Waals surface area contributed by atoms with Gasteiger partial charge in [0.25, 0.3) is 0 Å². The van der Waals surface area contributed by atoms with Crippen molar-refractivity contribution in [1.29, 1.82) is 0 Å². The molecule has 2 aromatic rings. The molecule has 0 atom stereocenters. The summed E-state index contributed by atoms with van der Waals surface area (Å²) < 4.78 is 22.3. The van der Waals surface area contributed by atoms with Crippen LogP contribution in [0.2, 0.25) is 5.02 Å². The summed E-state index contributed by atoms with van der Waals surface area (Å²) in [6.07, 6.45) is 2.82. The van der Waals surface area contributed by atoms with E-state index >= 15 is 0 Å². The number of nitrogens with zero attached hydrogens (tertiary/aromatic N) is 1. The summed E-state index contributed by atoms with van der Waals surface area (Å²) in [6, 6.07) is 7.02. The molecule has 5 heteroatoms. The van der Waals surface area contributed by atoms with E-state index in [1.165, 1.54) is 6.26 Å². The van der Waals surface area contributed by atoms with Gasteiger partial charge in [-0.15, -0.1) is 0 Å². The summed E-state index contributed by atoms with van der Waals surface area (Å²) in [5.41, 5.74) is 1.44. The molecule has 0 aliphatic rings. The molecular weight excluding hydrogens is 246 g/mol. The first kappa shape index (κ1) is 11.4. The lowest BCUT2D eigenvalue weighted by molar-refractivity contribution is 0.601.